The molecule has 1 unspecified atom stereocenters. The Morgan fingerprint density at radius 2 is 1.42 bits per heavy atom. The summed E-state index contributed by atoms with van der Waals surface area (Å²) in [5, 5.41) is 0. The Labute approximate surface area is 118 Å². The van der Waals surface area contributed by atoms with Crippen molar-refractivity contribution in [1.29, 1.82) is 0 Å². The van der Waals surface area contributed by atoms with Gasteiger partial charge >= 0.3 is 0 Å². The fraction of sp³-hybridized carbons (Fsp3) is 0.611. The zero-order valence-corrected chi connectivity index (χ0v) is 12.3. The fourth-order valence-electron chi connectivity index (χ4n) is 2.43. The van der Waals surface area contributed by atoms with E-state index in [1.807, 2.05) is 12.1 Å². The summed E-state index contributed by atoms with van der Waals surface area (Å²) in [6.07, 6.45) is 11.9. The van der Waals surface area contributed by atoms with Crippen LogP contribution in [0.15, 0.2) is 24.3 Å². The molecule has 1 radical (unpaired) electrons. The normalized spacial score (nSPS) is 12.6. The van der Waals surface area contributed by atoms with Crippen molar-refractivity contribution >= 4 is 0 Å². The molecule has 1 atom stereocenters. The first-order chi connectivity index (χ1) is 9.24. The molecule has 0 spiro atoms. The summed E-state index contributed by atoms with van der Waals surface area (Å²) in [7, 11) is 0. The molecule has 107 valence electrons. The van der Waals surface area contributed by atoms with Crippen LogP contribution >= 0.6 is 0 Å². The molecular weight excluding hydrogens is 235 g/mol. The Kier molecular flexibility index (Phi) is 8.53. The van der Waals surface area contributed by atoms with Gasteiger partial charge in [-0.25, -0.2) is 4.39 Å². The van der Waals surface area contributed by atoms with Crippen LogP contribution in [0.2, 0.25) is 0 Å². The number of hydrogen-bond donors (Lipinski definition) is 0. The summed E-state index contributed by atoms with van der Waals surface area (Å²) in [5.41, 5.74) is 1.16. The van der Waals surface area contributed by atoms with Gasteiger partial charge in [0.1, 0.15) is 5.82 Å². The van der Waals surface area contributed by atoms with Gasteiger partial charge in [0.15, 0.2) is 0 Å². The maximum absolute atomic E-state index is 12.8. The molecule has 0 saturated carbocycles. The first-order valence-corrected chi connectivity index (χ1v) is 7.82. The van der Waals surface area contributed by atoms with Crippen LogP contribution in [0.25, 0.3) is 0 Å². The van der Waals surface area contributed by atoms with Gasteiger partial charge in [0.2, 0.25) is 0 Å². The lowest BCUT2D eigenvalue weighted by Crippen LogP contribution is -1.94. The molecular formula is C18H28F. The van der Waals surface area contributed by atoms with Crippen molar-refractivity contribution in [2.45, 2.75) is 70.6 Å². The van der Waals surface area contributed by atoms with Crippen LogP contribution in [0.5, 0.6) is 0 Å². The number of rotatable bonds is 10. The van der Waals surface area contributed by atoms with Gasteiger partial charge in [-0.1, -0.05) is 70.4 Å². The van der Waals surface area contributed by atoms with Gasteiger partial charge in [-0.3, -0.25) is 0 Å². The van der Waals surface area contributed by atoms with E-state index in [0.29, 0.717) is 5.92 Å². The Morgan fingerprint density at radius 3 is 2.00 bits per heavy atom. The van der Waals surface area contributed by atoms with Crippen LogP contribution in [-0.2, 0) is 0 Å². The highest BCUT2D eigenvalue weighted by Gasteiger charge is 2.05. The topological polar surface area (TPSA) is 0 Å². The van der Waals surface area contributed by atoms with Crippen LogP contribution in [0.1, 0.15) is 76.2 Å². The molecule has 0 aromatic heterocycles. The van der Waals surface area contributed by atoms with Crippen molar-refractivity contribution in [3.63, 3.8) is 0 Å². The summed E-state index contributed by atoms with van der Waals surface area (Å²) < 4.78 is 12.8. The number of halogens is 1. The summed E-state index contributed by atoms with van der Waals surface area (Å²) in [4.78, 5) is 0. The zero-order valence-electron chi connectivity index (χ0n) is 12.3. The zero-order chi connectivity index (χ0) is 13.9. The minimum absolute atomic E-state index is 0.164. The smallest absolute Gasteiger partial charge is 0.123 e. The standard InChI is InChI=1S/C18H28F/c1-3-4-5-6-7-8-9-10-11-16(2)17-12-14-18(19)15-13-17/h12-16H,2-11H2,1H3. The maximum Gasteiger partial charge on any atom is 0.123 e. The lowest BCUT2D eigenvalue weighted by molar-refractivity contribution is 0.553. The SMILES string of the molecule is [CH2]C(CCCCCCCCCC)c1ccc(F)cc1. The van der Waals surface area contributed by atoms with Crippen molar-refractivity contribution < 1.29 is 4.39 Å². The first kappa shape index (κ1) is 16.2. The second kappa shape index (κ2) is 10.00. The van der Waals surface area contributed by atoms with Gasteiger partial charge in [0.25, 0.3) is 0 Å². The highest BCUT2D eigenvalue weighted by Crippen LogP contribution is 2.22. The molecule has 0 bridgehead atoms. The average molecular weight is 263 g/mol. The van der Waals surface area contributed by atoms with Crippen LogP contribution in [0.4, 0.5) is 4.39 Å². The van der Waals surface area contributed by atoms with Crippen molar-refractivity contribution in [3.05, 3.63) is 42.6 Å². The van der Waals surface area contributed by atoms with Crippen molar-refractivity contribution in [2.75, 3.05) is 0 Å². The third-order valence-corrected chi connectivity index (χ3v) is 3.75. The molecule has 1 aromatic carbocycles. The Morgan fingerprint density at radius 1 is 0.895 bits per heavy atom. The van der Waals surface area contributed by atoms with Gasteiger partial charge in [0, 0.05) is 0 Å². The minimum atomic E-state index is -0.164. The van der Waals surface area contributed by atoms with E-state index >= 15 is 0 Å². The largest absolute Gasteiger partial charge is 0.207 e. The summed E-state index contributed by atoms with van der Waals surface area (Å²) in [6.45, 7) is 6.43. The second-order valence-corrected chi connectivity index (χ2v) is 5.51. The molecule has 1 rings (SSSR count). The lowest BCUT2D eigenvalue weighted by atomic mass is 9.94. The van der Waals surface area contributed by atoms with E-state index < -0.39 is 0 Å². The number of hydrogen-bond acceptors (Lipinski definition) is 0. The van der Waals surface area contributed by atoms with E-state index in [2.05, 4.69) is 13.8 Å². The van der Waals surface area contributed by atoms with E-state index in [-0.39, 0.29) is 5.82 Å². The lowest BCUT2D eigenvalue weighted by Gasteiger charge is -2.11. The quantitative estimate of drug-likeness (QED) is 0.436. The summed E-state index contributed by atoms with van der Waals surface area (Å²) in [5.74, 6) is 0.142. The van der Waals surface area contributed by atoms with Crippen LogP contribution in [0, 0.1) is 12.7 Å². The van der Waals surface area contributed by atoms with Crippen LogP contribution in [-0.4, -0.2) is 0 Å². The number of unbranched alkanes of at least 4 members (excludes halogenated alkanes) is 7. The highest BCUT2D eigenvalue weighted by molar-refractivity contribution is 5.21. The molecule has 0 fully saturated rings. The van der Waals surface area contributed by atoms with Gasteiger partial charge in [-0.05, 0) is 37.0 Å². The highest BCUT2D eigenvalue weighted by atomic mass is 19.1. The molecule has 0 heterocycles. The van der Waals surface area contributed by atoms with Gasteiger partial charge in [-0.2, -0.15) is 0 Å². The van der Waals surface area contributed by atoms with Gasteiger partial charge < -0.3 is 0 Å². The molecule has 19 heavy (non-hydrogen) atoms. The van der Waals surface area contributed by atoms with Gasteiger partial charge in [0.05, 0.1) is 0 Å². The Balaban J connectivity index is 2.04. The monoisotopic (exact) mass is 263 g/mol. The molecule has 0 aliphatic carbocycles. The molecule has 0 amide bonds. The van der Waals surface area contributed by atoms with E-state index in [1.165, 1.54) is 63.5 Å². The molecule has 0 aliphatic heterocycles. The number of benzene rings is 1. The molecule has 1 heteroatoms. The summed E-state index contributed by atoms with van der Waals surface area (Å²) in [6, 6.07) is 6.78. The predicted octanol–water partition coefficient (Wildman–Crippen LogP) is 6.27. The van der Waals surface area contributed by atoms with Crippen LogP contribution < -0.4 is 0 Å². The minimum Gasteiger partial charge on any atom is -0.207 e. The van der Waals surface area contributed by atoms with E-state index in [9.17, 15) is 4.39 Å². The molecule has 0 nitrogen and oxygen atoms in total. The molecule has 0 aliphatic rings. The maximum atomic E-state index is 12.8. The molecule has 1 aromatic rings. The fourth-order valence-corrected chi connectivity index (χ4v) is 2.43. The molecule has 0 N–H and O–H groups in total. The molecule has 0 saturated heterocycles. The van der Waals surface area contributed by atoms with Crippen molar-refractivity contribution in [3.8, 4) is 0 Å². The van der Waals surface area contributed by atoms with E-state index in [1.54, 1.807) is 0 Å². The van der Waals surface area contributed by atoms with Crippen LogP contribution in [0.3, 0.4) is 0 Å². The first-order valence-electron chi connectivity index (χ1n) is 7.82. The van der Waals surface area contributed by atoms with Gasteiger partial charge in [-0.15, -0.1) is 0 Å². The Hall–Kier alpha value is -0.850. The third-order valence-electron chi connectivity index (χ3n) is 3.75. The summed E-state index contributed by atoms with van der Waals surface area (Å²) >= 11 is 0. The predicted molar refractivity (Wildman–Crippen MR) is 81.7 cm³/mol. The average Bonchev–Trinajstić information content (AvgIpc) is 2.42. The van der Waals surface area contributed by atoms with Crippen molar-refractivity contribution in [2.24, 2.45) is 0 Å². The Bertz CT molecular complexity index is 315. The second-order valence-electron chi connectivity index (χ2n) is 5.51. The van der Waals surface area contributed by atoms with Crippen molar-refractivity contribution in [1.82, 2.24) is 0 Å². The third kappa shape index (κ3) is 7.34. The van der Waals surface area contributed by atoms with E-state index in [0.717, 1.165) is 12.0 Å². The van der Waals surface area contributed by atoms with E-state index in [4.69, 9.17) is 0 Å².